The van der Waals surface area contributed by atoms with E-state index in [2.05, 4.69) is 5.32 Å². The Balaban J connectivity index is 2.37. The van der Waals surface area contributed by atoms with E-state index in [1.54, 1.807) is 0 Å². The van der Waals surface area contributed by atoms with E-state index in [4.69, 9.17) is 14.2 Å². The highest BCUT2D eigenvalue weighted by atomic mass is 16.5. The van der Waals surface area contributed by atoms with E-state index in [9.17, 15) is 4.79 Å². The minimum Gasteiger partial charge on any atom is -0.465 e. The molecule has 106 valence electrons. The third-order valence-electron chi connectivity index (χ3n) is 3.14. The molecule has 1 aliphatic heterocycles. The van der Waals surface area contributed by atoms with Crippen LogP contribution in [-0.2, 0) is 19.0 Å². The van der Waals surface area contributed by atoms with Gasteiger partial charge in [0, 0.05) is 13.2 Å². The molecular formula is C13H25NO4. The molecule has 1 rings (SSSR count). The second kappa shape index (κ2) is 7.71. The van der Waals surface area contributed by atoms with E-state index in [0.29, 0.717) is 26.2 Å². The first-order valence-electron chi connectivity index (χ1n) is 6.74. The number of likely N-dealkylation sites (N-methyl/N-ethyl adjacent to an activating group) is 1. The van der Waals surface area contributed by atoms with E-state index in [1.165, 1.54) is 0 Å². The van der Waals surface area contributed by atoms with Gasteiger partial charge in [-0.3, -0.25) is 4.79 Å². The molecule has 2 unspecified atom stereocenters. The molecule has 0 saturated carbocycles. The summed E-state index contributed by atoms with van der Waals surface area (Å²) in [7, 11) is 0. The number of hydrogen-bond acceptors (Lipinski definition) is 5. The number of hydrogen-bond donors (Lipinski definition) is 1. The van der Waals surface area contributed by atoms with E-state index in [1.807, 2.05) is 20.8 Å². The third-order valence-corrected chi connectivity index (χ3v) is 3.14. The molecule has 0 spiro atoms. The van der Waals surface area contributed by atoms with Gasteiger partial charge in [-0.1, -0.05) is 6.92 Å². The number of carbonyl (C=O) groups is 1. The van der Waals surface area contributed by atoms with Crippen LogP contribution in [0.2, 0.25) is 0 Å². The summed E-state index contributed by atoms with van der Waals surface area (Å²) >= 11 is 0. The molecule has 0 radical (unpaired) electrons. The van der Waals surface area contributed by atoms with Crippen molar-refractivity contribution in [2.24, 2.45) is 0 Å². The van der Waals surface area contributed by atoms with E-state index in [-0.39, 0.29) is 12.1 Å². The molecule has 5 nitrogen and oxygen atoms in total. The van der Waals surface area contributed by atoms with Gasteiger partial charge in [0.05, 0.1) is 19.3 Å². The van der Waals surface area contributed by atoms with Crippen molar-refractivity contribution in [3.63, 3.8) is 0 Å². The molecule has 18 heavy (non-hydrogen) atoms. The smallest absolute Gasteiger partial charge is 0.326 e. The quantitative estimate of drug-likeness (QED) is 0.662. The maximum atomic E-state index is 11.9. The second-order valence-corrected chi connectivity index (χ2v) is 4.69. The van der Waals surface area contributed by atoms with Crippen LogP contribution in [0.5, 0.6) is 0 Å². The molecule has 0 aromatic heterocycles. The number of esters is 1. The van der Waals surface area contributed by atoms with Crippen LogP contribution in [0, 0.1) is 0 Å². The van der Waals surface area contributed by atoms with Gasteiger partial charge in [-0.05, 0) is 33.2 Å². The van der Waals surface area contributed by atoms with Gasteiger partial charge >= 0.3 is 5.97 Å². The van der Waals surface area contributed by atoms with Crippen molar-refractivity contribution in [3.8, 4) is 0 Å². The summed E-state index contributed by atoms with van der Waals surface area (Å²) in [4.78, 5) is 11.9. The normalized spacial score (nSPS) is 22.7. The number of rotatable bonds is 8. The van der Waals surface area contributed by atoms with Crippen molar-refractivity contribution >= 4 is 5.97 Å². The Bertz CT molecular complexity index is 253. The molecule has 0 aromatic carbocycles. The van der Waals surface area contributed by atoms with Gasteiger partial charge < -0.3 is 19.5 Å². The lowest BCUT2D eigenvalue weighted by Crippen LogP contribution is -2.51. The van der Waals surface area contributed by atoms with Crippen LogP contribution in [-0.4, -0.2) is 50.6 Å². The van der Waals surface area contributed by atoms with Crippen LogP contribution >= 0.6 is 0 Å². The molecule has 1 N–H and O–H groups in total. The van der Waals surface area contributed by atoms with Gasteiger partial charge in [-0.25, -0.2) is 0 Å². The van der Waals surface area contributed by atoms with Crippen molar-refractivity contribution in [2.75, 3.05) is 33.0 Å². The summed E-state index contributed by atoms with van der Waals surface area (Å²) in [5.41, 5.74) is -0.662. The molecule has 0 amide bonds. The lowest BCUT2D eigenvalue weighted by Gasteiger charge is -2.28. The third kappa shape index (κ3) is 4.55. The van der Waals surface area contributed by atoms with Gasteiger partial charge in [-0.15, -0.1) is 0 Å². The standard InChI is InChI=1S/C13H25NO4/c1-4-14-13(3,12(15)17-5-2)7-9-18-11-6-8-16-10-11/h11,14H,4-10H2,1-3H3. The maximum Gasteiger partial charge on any atom is 0.326 e. The zero-order chi connectivity index (χ0) is 13.4. The van der Waals surface area contributed by atoms with Gasteiger partial charge in [0.15, 0.2) is 0 Å². The molecule has 2 atom stereocenters. The fourth-order valence-corrected chi connectivity index (χ4v) is 2.02. The summed E-state index contributed by atoms with van der Waals surface area (Å²) in [6.07, 6.45) is 1.73. The molecular weight excluding hydrogens is 234 g/mol. The summed E-state index contributed by atoms with van der Waals surface area (Å²) in [6, 6.07) is 0. The number of ether oxygens (including phenoxy) is 3. The Labute approximate surface area is 109 Å². The van der Waals surface area contributed by atoms with Crippen molar-refractivity contribution in [2.45, 2.75) is 45.3 Å². The monoisotopic (exact) mass is 259 g/mol. The molecule has 0 aliphatic carbocycles. The van der Waals surface area contributed by atoms with E-state index < -0.39 is 5.54 Å². The Hall–Kier alpha value is -0.650. The predicted octanol–water partition coefficient (Wildman–Crippen LogP) is 1.11. The fraction of sp³-hybridized carbons (Fsp3) is 0.923. The van der Waals surface area contributed by atoms with Crippen LogP contribution in [0.15, 0.2) is 0 Å². The Morgan fingerprint density at radius 2 is 2.28 bits per heavy atom. The van der Waals surface area contributed by atoms with Crippen molar-refractivity contribution in [1.82, 2.24) is 5.32 Å². The summed E-state index contributed by atoms with van der Waals surface area (Å²) in [6.45, 7) is 8.75. The molecule has 1 fully saturated rings. The van der Waals surface area contributed by atoms with Crippen LogP contribution in [0.25, 0.3) is 0 Å². The number of carbonyl (C=O) groups excluding carboxylic acids is 1. The zero-order valence-corrected chi connectivity index (χ0v) is 11.7. The molecule has 1 saturated heterocycles. The topological polar surface area (TPSA) is 56.8 Å². The minimum absolute atomic E-state index is 0.179. The van der Waals surface area contributed by atoms with Gasteiger partial charge in [-0.2, -0.15) is 0 Å². The molecule has 1 aliphatic rings. The average Bonchev–Trinajstić information content (AvgIpc) is 2.83. The van der Waals surface area contributed by atoms with Crippen LogP contribution in [0.3, 0.4) is 0 Å². The summed E-state index contributed by atoms with van der Waals surface area (Å²) < 4.78 is 16.0. The largest absolute Gasteiger partial charge is 0.465 e. The van der Waals surface area contributed by atoms with Gasteiger partial charge in [0.25, 0.3) is 0 Å². The predicted molar refractivity (Wildman–Crippen MR) is 68.5 cm³/mol. The first-order chi connectivity index (χ1) is 8.62. The van der Waals surface area contributed by atoms with E-state index in [0.717, 1.165) is 19.6 Å². The highest BCUT2D eigenvalue weighted by Gasteiger charge is 2.33. The van der Waals surface area contributed by atoms with Crippen molar-refractivity contribution < 1.29 is 19.0 Å². The molecule has 0 aromatic rings. The van der Waals surface area contributed by atoms with Gasteiger partial charge in [0.2, 0.25) is 0 Å². The fourth-order valence-electron chi connectivity index (χ4n) is 2.02. The molecule has 1 heterocycles. The Kier molecular flexibility index (Phi) is 6.60. The zero-order valence-electron chi connectivity index (χ0n) is 11.7. The van der Waals surface area contributed by atoms with Crippen LogP contribution in [0.4, 0.5) is 0 Å². The van der Waals surface area contributed by atoms with Crippen LogP contribution in [0.1, 0.15) is 33.6 Å². The van der Waals surface area contributed by atoms with E-state index >= 15 is 0 Å². The minimum atomic E-state index is -0.662. The highest BCUT2D eigenvalue weighted by molar-refractivity contribution is 5.80. The maximum absolute atomic E-state index is 11.9. The molecule has 0 bridgehead atoms. The van der Waals surface area contributed by atoms with Crippen LogP contribution < -0.4 is 5.32 Å². The lowest BCUT2D eigenvalue weighted by atomic mass is 9.98. The van der Waals surface area contributed by atoms with Crippen molar-refractivity contribution in [1.29, 1.82) is 0 Å². The molecule has 5 heteroatoms. The number of nitrogens with one attached hydrogen (secondary N) is 1. The van der Waals surface area contributed by atoms with Gasteiger partial charge in [0.1, 0.15) is 5.54 Å². The highest BCUT2D eigenvalue weighted by Crippen LogP contribution is 2.15. The summed E-state index contributed by atoms with van der Waals surface area (Å²) in [5.74, 6) is -0.210. The Morgan fingerprint density at radius 1 is 1.50 bits per heavy atom. The van der Waals surface area contributed by atoms with Crippen molar-refractivity contribution in [3.05, 3.63) is 0 Å². The Morgan fingerprint density at radius 3 is 2.83 bits per heavy atom. The first-order valence-corrected chi connectivity index (χ1v) is 6.74. The second-order valence-electron chi connectivity index (χ2n) is 4.69. The first kappa shape index (κ1) is 15.4. The average molecular weight is 259 g/mol. The SMILES string of the molecule is CCNC(C)(CCOC1CCOC1)C(=O)OCC. The summed E-state index contributed by atoms with van der Waals surface area (Å²) in [5, 5.41) is 3.18. The lowest BCUT2D eigenvalue weighted by molar-refractivity contribution is -0.151.